The van der Waals surface area contributed by atoms with Crippen LogP contribution in [-0.4, -0.2) is 33.4 Å². The molecule has 0 aliphatic carbocycles. The molecule has 2 N–H and O–H groups in total. The summed E-state index contributed by atoms with van der Waals surface area (Å²) in [5.74, 6) is -0.722. The number of aromatic nitrogens is 3. The quantitative estimate of drug-likeness (QED) is 0.871. The van der Waals surface area contributed by atoms with E-state index in [0.717, 1.165) is 0 Å². The van der Waals surface area contributed by atoms with Crippen molar-refractivity contribution >= 4 is 17.6 Å². The van der Waals surface area contributed by atoms with Gasteiger partial charge in [0.2, 0.25) is 5.88 Å². The number of nitrogens with one attached hydrogen (secondary N) is 1. The lowest BCUT2D eigenvalue weighted by atomic mass is 10.2. The van der Waals surface area contributed by atoms with Crippen molar-refractivity contribution in [1.29, 1.82) is 0 Å². The molecule has 17 heavy (non-hydrogen) atoms. The summed E-state index contributed by atoms with van der Waals surface area (Å²) in [6.07, 6.45) is 1.43. The molecule has 0 atom stereocenters. The van der Waals surface area contributed by atoms with Crippen molar-refractivity contribution in [2.45, 2.75) is 0 Å². The number of aromatic amines is 1. The summed E-state index contributed by atoms with van der Waals surface area (Å²) in [7, 11) is 1.48. The predicted octanol–water partition coefficient (Wildman–Crippen LogP) is 1.83. The van der Waals surface area contributed by atoms with Gasteiger partial charge in [-0.15, -0.1) is 0 Å². The summed E-state index contributed by atoms with van der Waals surface area (Å²) in [6, 6.07) is 2.99. The molecule has 0 bridgehead atoms. The molecule has 0 saturated carbocycles. The highest BCUT2D eigenvalue weighted by Crippen LogP contribution is 2.28. The van der Waals surface area contributed by atoms with Crippen molar-refractivity contribution in [3.63, 3.8) is 0 Å². The molecular formula is C10H8ClN3O3. The van der Waals surface area contributed by atoms with Crippen LogP contribution in [0.5, 0.6) is 5.88 Å². The van der Waals surface area contributed by atoms with Gasteiger partial charge in [-0.1, -0.05) is 11.6 Å². The Morgan fingerprint density at radius 2 is 2.29 bits per heavy atom. The fourth-order valence-electron chi connectivity index (χ4n) is 1.31. The fraction of sp³-hybridized carbons (Fsp3) is 0.100. The van der Waals surface area contributed by atoms with E-state index in [0.29, 0.717) is 22.2 Å². The van der Waals surface area contributed by atoms with Gasteiger partial charge in [0.15, 0.2) is 5.69 Å². The number of H-pyrrole nitrogens is 1. The van der Waals surface area contributed by atoms with Gasteiger partial charge in [-0.3, -0.25) is 5.10 Å². The Balaban J connectivity index is 2.47. The standard InChI is InChI=1S/C10H8ClN3O3/c1-17-9-2-5(6(11)4-12-9)7-3-8(10(15)16)14-13-7/h2-4H,1H3,(H,13,14)(H,15,16). The van der Waals surface area contributed by atoms with Gasteiger partial charge in [-0.25, -0.2) is 9.78 Å². The number of halogens is 1. The second-order valence-electron chi connectivity index (χ2n) is 3.18. The van der Waals surface area contributed by atoms with Crippen molar-refractivity contribution in [3.05, 3.63) is 29.0 Å². The number of ether oxygens (including phenoxy) is 1. The molecule has 0 amide bonds. The molecule has 0 aliphatic rings. The Bertz CT molecular complexity index is 568. The minimum Gasteiger partial charge on any atom is -0.481 e. The first-order valence-corrected chi connectivity index (χ1v) is 4.98. The zero-order valence-electron chi connectivity index (χ0n) is 8.77. The summed E-state index contributed by atoms with van der Waals surface area (Å²) < 4.78 is 4.97. The zero-order valence-corrected chi connectivity index (χ0v) is 9.52. The Hall–Kier alpha value is -2.08. The van der Waals surface area contributed by atoms with E-state index in [9.17, 15) is 4.79 Å². The first kappa shape index (κ1) is 11.4. The monoisotopic (exact) mass is 253 g/mol. The van der Waals surface area contributed by atoms with Crippen LogP contribution in [0.25, 0.3) is 11.3 Å². The number of aromatic carboxylic acids is 1. The summed E-state index contributed by atoms with van der Waals surface area (Å²) in [5, 5.41) is 15.4. The van der Waals surface area contributed by atoms with E-state index in [1.165, 1.54) is 19.4 Å². The Morgan fingerprint density at radius 1 is 1.53 bits per heavy atom. The van der Waals surface area contributed by atoms with Crippen LogP contribution >= 0.6 is 11.6 Å². The molecule has 0 aliphatic heterocycles. The minimum absolute atomic E-state index is 0.0770. The molecular weight excluding hydrogens is 246 g/mol. The van der Waals surface area contributed by atoms with Gasteiger partial charge in [-0.05, 0) is 6.07 Å². The lowest BCUT2D eigenvalue weighted by Crippen LogP contribution is -1.95. The van der Waals surface area contributed by atoms with Gasteiger partial charge in [0, 0.05) is 11.6 Å². The number of pyridine rings is 1. The molecule has 0 fully saturated rings. The van der Waals surface area contributed by atoms with E-state index < -0.39 is 5.97 Å². The molecule has 2 heterocycles. The van der Waals surface area contributed by atoms with E-state index in [1.807, 2.05) is 0 Å². The highest BCUT2D eigenvalue weighted by molar-refractivity contribution is 6.33. The molecule has 6 nitrogen and oxygen atoms in total. The number of rotatable bonds is 3. The van der Waals surface area contributed by atoms with Crippen molar-refractivity contribution in [2.24, 2.45) is 0 Å². The third-order valence-corrected chi connectivity index (χ3v) is 2.43. The number of hydrogen-bond donors (Lipinski definition) is 2. The summed E-state index contributed by atoms with van der Waals surface area (Å²) in [4.78, 5) is 14.6. The van der Waals surface area contributed by atoms with Crippen LogP contribution in [0, 0.1) is 0 Å². The molecule has 2 aromatic heterocycles. The molecule has 0 spiro atoms. The average molecular weight is 254 g/mol. The summed E-state index contributed by atoms with van der Waals surface area (Å²) in [6.45, 7) is 0. The number of nitrogens with zero attached hydrogens (tertiary/aromatic N) is 2. The van der Waals surface area contributed by atoms with Gasteiger partial charge >= 0.3 is 5.97 Å². The van der Waals surface area contributed by atoms with E-state index in [4.69, 9.17) is 21.4 Å². The van der Waals surface area contributed by atoms with Crippen LogP contribution in [0.4, 0.5) is 0 Å². The molecule has 7 heteroatoms. The maximum atomic E-state index is 10.7. The molecule has 0 saturated heterocycles. The molecule has 0 aromatic carbocycles. The van der Waals surface area contributed by atoms with E-state index >= 15 is 0 Å². The number of hydrogen-bond acceptors (Lipinski definition) is 4. The lowest BCUT2D eigenvalue weighted by molar-refractivity contribution is 0.0690. The van der Waals surface area contributed by atoms with Crippen molar-refractivity contribution in [3.8, 4) is 17.1 Å². The van der Waals surface area contributed by atoms with Gasteiger partial charge in [0.25, 0.3) is 0 Å². The third kappa shape index (κ3) is 2.21. The zero-order chi connectivity index (χ0) is 12.4. The van der Waals surface area contributed by atoms with E-state index in [1.54, 1.807) is 6.07 Å². The molecule has 0 radical (unpaired) electrons. The predicted molar refractivity (Wildman–Crippen MR) is 60.3 cm³/mol. The van der Waals surface area contributed by atoms with Gasteiger partial charge in [0.05, 0.1) is 24.0 Å². The summed E-state index contributed by atoms with van der Waals surface area (Å²) in [5.41, 5.74) is 0.999. The fourth-order valence-corrected chi connectivity index (χ4v) is 1.51. The minimum atomic E-state index is -1.11. The molecule has 88 valence electrons. The van der Waals surface area contributed by atoms with Crippen LogP contribution in [0.3, 0.4) is 0 Å². The van der Waals surface area contributed by atoms with E-state index in [2.05, 4.69) is 15.2 Å². The van der Waals surface area contributed by atoms with Crippen molar-refractivity contribution in [1.82, 2.24) is 15.2 Å². The lowest BCUT2D eigenvalue weighted by Gasteiger charge is -2.03. The molecule has 0 unspecified atom stereocenters. The highest BCUT2D eigenvalue weighted by atomic mass is 35.5. The molecule has 2 rings (SSSR count). The number of methoxy groups -OCH3 is 1. The molecule has 2 aromatic rings. The van der Waals surface area contributed by atoms with Crippen molar-refractivity contribution < 1.29 is 14.6 Å². The SMILES string of the molecule is COc1cc(-c2cc(C(=O)O)n[nH]2)c(Cl)cn1. The summed E-state index contributed by atoms with van der Waals surface area (Å²) >= 11 is 5.96. The average Bonchev–Trinajstić information content (AvgIpc) is 2.79. The van der Waals surface area contributed by atoms with Crippen molar-refractivity contribution in [2.75, 3.05) is 7.11 Å². The van der Waals surface area contributed by atoms with Gasteiger partial charge in [-0.2, -0.15) is 5.10 Å². The second-order valence-corrected chi connectivity index (χ2v) is 3.59. The normalized spacial score (nSPS) is 10.2. The maximum absolute atomic E-state index is 10.7. The third-order valence-electron chi connectivity index (χ3n) is 2.13. The first-order valence-electron chi connectivity index (χ1n) is 4.60. The van der Waals surface area contributed by atoms with E-state index in [-0.39, 0.29) is 5.69 Å². The first-order chi connectivity index (χ1) is 8.11. The Morgan fingerprint density at radius 3 is 2.88 bits per heavy atom. The number of carbonyl (C=O) groups is 1. The van der Waals surface area contributed by atoms with Crippen LogP contribution in [-0.2, 0) is 0 Å². The number of carboxylic acids is 1. The Labute approximate surface area is 101 Å². The number of carboxylic acid groups (broad SMARTS) is 1. The van der Waals surface area contributed by atoms with Gasteiger partial charge in [0.1, 0.15) is 0 Å². The second kappa shape index (κ2) is 4.42. The van der Waals surface area contributed by atoms with Crippen LogP contribution in [0.15, 0.2) is 18.3 Å². The maximum Gasteiger partial charge on any atom is 0.356 e. The largest absolute Gasteiger partial charge is 0.481 e. The Kier molecular flexibility index (Phi) is 2.97. The smallest absolute Gasteiger partial charge is 0.356 e. The topological polar surface area (TPSA) is 88.1 Å². The van der Waals surface area contributed by atoms with Gasteiger partial charge < -0.3 is 9.84 Å². The van der Waals surface area contributed by atoms with Crippen LogP contribution < -0.4 is 4.74 Å². The van der Waals surface area contributed by atoms with Crippen LogP contribution in [0.1, 0.15) is 10.5 Å². The van der Waals surface area contributed by atoms with Crippen LogP contribution in [0.2, 0.25) is 5.02 Å². The highest BCUT2D eigenvalue weighted by Gasteiger charge is 2.12.